The van der Waals surface area contributed by atoms with Crippen LogP contribution in [0.25, 0.3) is 0 Å². The quantitative estimate of drug-likeness (QED) is 0.482. The van der Waals surface area contributed by atoms with Crippen LogP contribution in [-0.4, -0.2) is 31.0 Å². The van der Waals surface area contributed by atoms with E-state index in [1.54, 1.807) is 30.3 Å². The minimum atomic E-state index is -0.512. The first-order valence-corrected chi connectivity index (χ1v) is 9.58. The van der Waals surface area contributed by atoms with Crippen LogP contribution in [0.2, 0.25) is 5.02 Å². The highest BCUT2D eigenvalue weighted by Gasteiger charge is 2.09. The Hall–Kier alpha value is -3.06. The standard InChI is InChI=1S/C21H23ClN2O5/c1-2-13-28-21(27)16-7-10-17(11-8-16)29-14-20(26)24-23-19(25)12-9-15-5-3-4-6-18(15)22/h3-8,10-11H,2,9,12-14H2,1H3,(H,23,25)(H,24,26). The van der Waals surface area contributed by atoms with Crippen molar-refractivity contribution in [2.45, 2.75) is 26.2 Å². The van der Waals surface area contributed by atoms with Crippen molar-refractivity contribution in [1.82, 2.24) is 10.9 Å². The van der Waals surface area contributed by atoms with Gasteiger partial charge in [0.1, 0.15) is 5.75 Å². The van der Waals surface area contributed by atoms with Gasteiger partial charge in [-0.3, -0.25) is 20.4 Å². The molecule has 7 nitrogen and oxygen atoms in total. The van der Waals surface area contributed by atoms with Crippen molar-refractivity contribution in [2.24, 2.45) is 0 Å². The maximum atomic E-state index is 11.8. The van der Waals surface area contributed by atoms with Crippen LogP contribution in [0.3, 0.4) is 0 Å². The van der Waals surface area contributed by atoms with Gasteiger partial charge in [-0.15, -0.1) is 0 Å². The predicted molar refractivity (Wildman–Crippen MR) is 109 cm³/mol. The summed E-state index contributed by atoms with van der Waals surface area (Å²) in [7, 11) is 0. The third kappa shape index (κ3) is 7.83. The molecule has 0 saturated carbocycles. The van der Waals surface area contributed by atoms with E-state index in [1.807, 2.05) is 25.1 Å². The van der Waals surface area contributed by atoms with Gasteiger partial charge in [-0.2, -0.15) is 0 Å². The van der Waals surface area contributed by atoms with Gasteiger partial charge in [-0.05, 0) is 48.7 Å². The van der Waals surface area contributed by atoms with Gasteiger partial charge in [0.25, 0.3) is 5.91 Å². The number of carbonyl (C=O) groups excluding carboxylic acids is 3. The maximum Gasteiger partial charge on any atom is 0.338 e. The summed E-state index contributed by atoms with van der Waals surface area (Å²) in [5, 5.41) is 0.599. The number of hydrogen-bond acceptors (Lipinski definition) is 5. The second kappa shape index (κ2) is 11.7. The first-order valence-electron chi connectivity index (χ1n) is 9.20. The van der Waals surface area contributed by atoms with Crippen molar-refractivity contribution >= 4 is 29.4 Å². The first-order chi connectivity index (χ1) is 14.0. The molecule has 0 aromatic heterocycles. The summed E-state index contributed by atoms with van der Waals surface area (Å²) in [6, 6.07) is 13.5. The second-order valence-corrected chi connectivity index (χ2v) is 6.54. The van der Waals surface area contributed by atoms with Crippen LogP contribution < -0.4 is 15.6 Å². The Morgan fingerprint density at radius 2 is 1.66 bits per heavy atom. The molecule has 8 heteroatoms. The molecule has 0 aliphatic heterocycles. The molecule has 0 bridgehead atoms. The van der Waals surface area contributed by atoms with Gasteiger partial charge in [-0.25, -0.2) is 4.79 Å². The lowest BCUT2D eigenvalue weighted by Gasteiger charge is -2.09. The molecule has 0 radical (unpaired) electrons. The average molecular weight is 419 g/mol. The van der Waals surface area contributed by atoms with Gasteiger partial charge in [-0.1, -0.05) is 36.7 Å². The number of benzene rings is 2. The summed E-state index contributed by atoms with van der Waals surface area (Å²) in [4.78, 5) is 35.3. The third-order valence-electron chi connectivity index (χ3n) is 3.82. The van der Waals surface area contributed by atoms with Crippen LogP contribution in [0.15, 0.2) is 48.5 Å². The van der Waals surface area contributed by atoms with Crippen molar-refractivity contribution < 1.29 is 23.9 Å². The number of nitrogens with one attached hydrogen (secondary N) is 2. The highest BCUT2D eigenvalue weighted by molar-refractivity contribution is 6.31. The van der Waals surface area contributed by atoms with Crippen LogP contribution in [-0.2, 0) is 20.7 Å². The highest BCUT2D eigenvalue weighted by atomic mass is 35.5. The lowest BCUT2D eigenvalue weighted by molar-refractivity contribution is -0.130. The zero-order valence-corrected chi connectivity index (χ0v) is 16.8. The van der Waals surface area contributed by atoms with E-state index < -0.39 is 11.9 Å². The fraction of sp³-hybridized carbons (Fsp3) is 0.286. The summed E-state index contributed by atoms with van der Waals surface area (Å²) in [5.41, 5.74) is 5.88. The zero-order chi connectivity index (χ0) is 21.1. The summed E-state index contributed by atoms with van der Waals surface area (Å²) in [6.07, 6.45) is 1.39. The Balaban J connectivity index is 1.68. The molecular formula is C21H23ClN2O5. The Kier molecular flexibility index (Phi) is 8.98. The predicted octanol–water partition coefficient (Wildman–Crippen LogP) is 3.07. The number of carbonyl (C=O) groups is 3. The normalized spacial score (nSPS) is 10.1. The van der Waals surface area contributed by atoms with Crippen LogP contribution in [0.1, 0.15) is 35.7 Å². The summed E-state index contributed by atoms with van der Waals surface area (Å²) < 4.78 is 10.4. The number of hydrazine groups is 1. The van der Waals surface area contributed by atoms with Crippen LogP contribution in [0, 0.1) is 0 Å². The van der Waals surface area contributed by atoms with E-state index in [1.165, 1.54) is 0 Å². The Morgan fingerprint density at radius 3 is 2.34 bits per heavy atom. The minimum absolute atomic E-state index is 0.181. The molecule has 0 atom stereocenters. The van der Waals surface area contributed by atoms with Crippen molar-refractivity contribution in [2.75, 3.05) is 13.2 Å². The highest BCUT2D eigenvalue weighted by Crippen LogP contribution is 2.16. The zero-order valence-electron chi connectivity index (χ0n) is 16.1. The molecule has 0 unspecified atom stereocenters. The van der Waals surface area contributed by atoms with Crippen LogP contribution in [0.5, 0.6) is 5.75 Å². The largest absolute Gasteiger partial charge is 0.484 e. The molecule has 0 heterocycles. The molecule has 0 saturated heterocycles. The van der Waals surface area contributed by atoms with Gasteiger partial charge in [0.15, 0.2) is 6.61 Å². The van der Waals surface area contributed by atoms with Crippen molar-refractivity contribution in [1.29, 1.82) is 0 Å². The summed E-state index contributed by atoms with van der Waals surface area (Å²) >= 11 is 6.04. The third-order valence-corrected chi connectivity index (χ3v) is 4.19. The molecular weight excluding hydrogens is 396 g/mol. The minimum Gasteiger partial charge on any atom is -0.484 e. The molecule has 29 heavy (non-hydrogen) atoms. The lowest BCUT2D eigenvalue weighted by Crippen LogP contribution is -2.43. The molecule has 2 amide bonds. The van der Waals surface area contributed by atoms with E-state index in [-0.39, 0.29) is 18.9 Å². The first kappa shape index (κ1) is 22.2. The van der Waals surface area contributed by atoms with E-state index >= 15 is 0 Å². The molecule has 2 aromatic rings. The van der Waals surface area contributed by atoms with Gasteiger partial charge < -0.3 is 9.47 Å². The van der Waals surface area contributed by atoms with Crippen molar-refractivity contribution in [3.8, 4) is 5.75 Å². The fourth-order valence-corrected chi connectivity index (χ4v) is 2.53. The lowest BCUT2D eigenvalue weighted by atomic mass is 10.1. The smallest absolute Gasteiger partial charge is 0.338 e. The topological polar surface area (TPSA) is 93.7 Å². The monoisotopic (exact) mass is 418 g/mol. The summed E-state index contributed by atoms with van der Waals surface area (Å²) in [5.74, 6) is -0.844. The maximum absolute atomic E-state index is 11.8. The second-order valence-electron chi connectivity index (χ2n) is 6.14. The van der Waals surface area contributed by atoms with Gasteiger partial charge in [0.2, 0.25) is 5.91 Å². The Morgan fingerprint density at radius 1 is 0.966 bits per heavy atom. The number of rotatable bonds is 9. The van der Waals surface area contributed by atoms with E-state index in [2.05, 4.69) is 10.9 Å². The molecule has 0 spiro atoms. The molecule has 2 rings (SSSR count). The van der Waals surface area contributed by atoms with Crippen LogP contribution in [0.4, 0.5) is 0 Å². The van der Waals surface area contributed by atoms with Gasteiger partial charge in [0, 0.05) is 11.4 Å². The number of aryl methyl sites for hydroxylation is 1. The van der Waals surface area contributed by atoms with E-state index in [0.29, 0.717) is 29.4 Å². The van der Waals surface area contributed by atoms with Crippen molar-refractivity contribution in [3.05, 3.63) is 64.7 Å². The van der Waals surface area contributed by atoms with E-state index in [9.17, 15) is 14.4 Å². The van der Waals surface area contributed by atoms with E-state index in [4.69, 9.17) is 21.1 Å². The van der Waals surface area contributed by atoms with Crippen LogP contribution >= 0.6 is 11.6 Å². The summed E-state index contributed by atoms with van der Waals surface area (Å²) in [6.45, 7) is 1.99. The van der Waals surface area contributed by atoms with E-state index in [0.717, 1.165) is 12.0 Å². The Bertz CT molecular complexity index is 839. The number of ether oxygens (including phenoxy) is 2. The Labute approximate surface area is 174 Å². The number of amides is 2. The van der Waals surface area contributed by atoms with Gasteiger partial charge >= 0.3 is 5.97 Å². The molecule has 2 aromatic carbocycles. The molecule has 2 N–H and O–H groups in total. The van der Waals surface area contributed by atoms with Gasteiger partial charge in [0.05, 0.1) is 12.2 Å². The average Bonchev–Trinajstić information content (AvgIpc) is 2.74. The number of halogens is 1. The molecule has 154 valence electrons. The fourth-order valence-electron chi connectivity index (χ4n) is 2.30. The molecule has 0 aliphatic carbocycles. The van der Waals surface area contributed by atoms with Crippen molar-refractivity contribution in [3.63, 3.8) is 0 Å². The number of hydrogen-bond donors (Lipinski definition) is 2. The number of esters is 1. The SMILES string of the molecule is CCCOC(=O)c1ccc(OCC(=O)NNC(=O)CCc2ccccc2Cl)cc1. The molecule has 0 fully saturated rings. The molecule has 0 aliphatic rings.